The maximum atomic E-state index is 14.0. The number of dihydropyridines is 1. The Morgan fingerprint density at radius 1 is 1.04 bits per heavy atom. The van der Waals surface area contributed by atoms with Crippen LogP contribution in [0.25, 0.3) is 10.8 Å². The predicted octanol–water partition coefficient (Wildman–Crippen LogP) is 8.50. The first-order valence-electron chi connectivity index (χ1n) is 19.0. The van der Waals surface area contributed by atoms with Crippen LogP contribution in [0.3, 0.4) is 0 Å². The first kappa shape index (κ1) is 35.5. The van der Waals surface area contributed by atoms with Gasteiger partial charge < -0.3 is 34.8 Å². The smallest absolute Gasteiger partial charge is 0.302 e. The van der Waals surface area contributed by atoms with Crippen molar-refractivity contribution < 1.29 is 24.2 Å². The number of esters is 1. The van der Waals surface area contributed by atoms with Crippen molar-refractivity contribution in [2.24, 2.45) is 11.3 Å². The van der Waals surface area contributed by atoms with Gasteiger partial charge in [0.05, 0.1) is 13.2 Å². The third kappa shape index (κ3) is 7.64. The summed E-state index contributed by atoms with van der Waals surface area (Å²) >= 11 is 0. The number of ketones is 1. The normalized spacial score (nSPS) is 22.4. The summed E-state index contributed by atoms with van der Waals surface area (Å²) in [6, 6.07) is 11.1. The Labute approximate surface area is 306 Å². The van der Waals surface area contributed by atoms with Gasteiger partial charge in [0.2, 0.25) is 0 Å². The Kier molecular flexibility index (Phi) is 10.5. The number of phenols is 1. The van der Waals surface area contributed by atoms with Gasteiger partial charge in [0.25, 0.3) is 0 Å². The molecule has 0 radical (unpaired) electrons. The van der Waals surface area contributed by atoms with E-state index in [1.165, 1.54) is 56.4 Å². The lowest BCUT2D eigenvalue weighted by Gasteiger charge is -2.34. The molecule has 3 aliphatic rings. The number of rotatable bonds is 4. The van der Waals surface area contributed by atoms with Crippen LogP contribution < -0.4 is 15.4 Å². The fraction of sp³-hybridized carbons (Fsp3) is 0.442. The molecule has 4 heterocycles. The molecule has 274 valence electrons. The summed E-state index contributed by atoms with van der Waals surface area (Å²) in [6.07, 6.45) is 22.3. The summed E-state index contributed by atoms with van der Waals surface area (Å²) in [5.41, 5.74) is 6.06. The number of Topliss-reactive ketones (excluding diaryl/α,β-unsaturated/α-hetero) is 1. The van der Waals surface area contributed by atoms with E-state index in [1.54, 1.807) is 12.1 Å². The van der Waals surface area contributed by atoms with Crippen LogP contribution in [0.5, 0.6) is 11.5 Å². The maximum Gasteiger partial charge on any atom is 0.302 e. The zero-order chi connectivity index (χ0) is 36.2. The molecular formula is C43H52N4O5. The molecule has 4 aromatic rings. The van der Waals surface area contributed by atoms with E-state index < -0.39 is 6.10 Å². The molecule has 9 heteroatoms. The number of benzene rings is 2. The average molecular weight is 705 g/mol. The summed E-state index contributed by atoms with van der Waals surface area (Å²) in [5.74, 6) is 1.40. The van der Waals surface area contributed by atoms with E-state index in [4.69, 9.17) is 9.47 Å². The minimum Gasteiger partial charge on any atom is -0.504 e. The highest BCUT2D eigenvalue weighted by Gasteiger charge is 2.38. The number of nitrogens with zero attached hydrogens (tertiary/aromatic N) is 1. The Morgan fingerprint density at radius 2 is 1.87 bits per heavy atom. The lowest BCUT2D eigenvalue weighted by molar-refractivity contribution is -0.148. The fourth-order valence-electron chi connectivity index (χ4n) is 8.84. The number of fused-ring (bicyclic) bond motifs is 4. The van der Waals surface area contributed by atoms with Crippen molar-refractivity contribution in [3.8, 4) is 11.5 Å². The van der Waals surface area contributed by atoms with Gasteiger partial charge in [0.1, 0.15) is 17.7 Å². The van der Waals surface area contributed by atoms with Gasteiger partial charge in [-0.05, 0) is 96.4 Å². The molecule has 1 aliphatic carbocycles. The number of allylic oxidation sites excluding steroid dienone is 2. The molecule has 0 amide bonds. The number of aromatic hydroxyl groups is 1. The van der Waals surface area contributed by atoms with E-state index in [2.05, 4.69) is 82.2 Å². The number of carbonyl (C=O) groups excluding carboxylic acids is 2. The number of aromatic amines is 1. The molecule has 9 nitrogen and oxygen atoms in total. The second kappa shape index (κ2) is 15.4. The number of nitrogens with one attached hydrogen (secondary N) is 3. The molecule has 4 bridgehead atoms. The lowest BCUT2D eigenvalue weighted by atomic mass is 9.72. The highest BCUT2D eigenvalue weighted by Crippen LogP contribution is 2.48. The number of H-pyrrole nitrogens is 1. The largest absolute Gasteiger partial charge is 0.504 e. The molecule has 0 saturated heterocycles. The van der Waals surface area contributed by atoms with Gasteiger partial charge in [-0.15, -0.1) is 0 Å². The summed E-state index contributed by atoms with van der Waals surface area (Å²) in [4.78, 5) is 29.7. The van der Waals surface area contributed by atoms with Crippen LogP contribution in [0, 0.1) is 11.3 Å². The molecule has 1 spiro atoms. The van der Waals surface area contributed by atoms with Crippen LogP contribution in [-0.4, -0.2) is 46.2 Å². The zero-order valence-electron chi connectivity index (χ0n) is 30.7. The van der Waals surface area contributed by atoms with Gasteiger partial charge in [-0.1, -0.05) is 50.5 Å². The van der Waals surface area contributed by atoms with E-state index in [0.29, 0.717) is 18.1 Å². The summed E-state index contributed by atoms with van der Waals surface area (Å²) in [7, 11) is 1.52. The summed E-state index contributed by atoms with van der Waals surface area (Å²) < 4.78 is 13.4. The molecule has 2 aromatic carbocycles. The molecule has 0 unspecified atom stereocenters. The highest BCUT2D eigenvalue weighted by molar-refractivity contribution is 5.94. The monoisotopic (exact) mass is 704 g/mol. The Balaban J connectivity index is 1.31. The number of hydrogen-bond donors (Lipinski definition) is 4. The van der Waals surface area contributed by atoms with Crippen molar-refractivity contribution in [2.75, 3.05) is 19.0 Å². The highest BCUT2D eigenvalue weighted by atomic mass is 16.5. The summed E-state index contributed by atoms with van der Waals surface area (Å²) in [5, 5.41) is 19.8. The first-order valence-corrected chi connectivity index (χ1v) is 19.0. The van der Waals surface area contributed by atoms with Crippen LogP contribution in [0.1, 0.15) is 94.4 Å². The Morgan fingerprint density at radius 3 is 2.65 bits per heavy atom. The lowest BCUT2D eigenvalue weighted by Crippen LogP contribution is -2.30. The number of methoxy groups -OCH3 is 1. The van der Waals surface area contributed by atoms with Crippen molar-refractivity contribution >= 4 is 28.2 Å². The second-order valence-electron chi connectivity index (χ2n) is 15.1. The Hall–Kier alpha value is -4.92. The minimum atomic E-state index is -0.499. The number of anilines is 1. The zero-order valence-corrected chi connectivity index (χ0v) is 30.7. The van der Waals surface area contributed by atoms with Crippen molar-refractivity contribution in [2.45, 2.75) is 96.6 Å². The summed E-state index contributed by atoms with van der Waals surface area (Å²) in [6.45, 7) is 4.41. The molecule has 7 rings (SSSR count). The molecule has 1 fully saturated rings. The number of hydrogen-bond acceptors (Lipinski definition) is 7. The topological polar surface area (TPSA) is 118 Å². The van der Waals surface area contributed by atoms with Crippen LogP contribution in [0.15, 0.2) is 84.7 Å². The van der Waals surface area contributed by atoms with Gasteiger partial charge in [0.15, 0.2) is 11.5 Å². The van der Waals surface area contributed by atoms with Crippen molar-refractivity contribution in [1.29, 1.82) is 0 Å². The van der Waals surface area contributed by atoms with Gasteiger partial charge in [-0.2, -0.15) is 0 Å². The Bertz CT molecular complexity index is 1980. The number of carbonyl (C=O) groups is 2. The maximum absolute atomic E-state index is 14.0. The van der Waals surface area contributed by atoms with E-state index in [-0.39, 0.29) is 41.8 Å². The average Bonchev–Trinajstić information content (AvgIpc) is 3.90. The quantitative estimate of drug-likeness (QED) is 0.157. The van der Waals surface area contributed by atoms with Crippen molar-refractivity contribution in [3.05, 3.63) is 101 Å². The molecule has 1 saturated carbocycles. The third-order valence-corrected chi connectivity index (χ3v) is 11.7. The molecule has 4 N–H and O–H groups in total. The molecule has 3 atom stereocenters. The predicted molar refractivity (Wildman–Crippen MR) is 204 cm³/mol. The van der Waals surface area contributed by atoms with Crippen molar-refractivity contribution in [3.63, 3.8) is 0 Å². The van der Waals surface area contributed by atoms with Gasteiger partial charge in [0, 0.05) is 67.6 Å². The van der Waals surface area contributed by atoms with E-state index in [0.717, 1.165) is 60.1 Å². The first-order chi connectivity index (χ1) is 25.2. The van der Waals surface area contributed by atoms with E-state index in [9.17, 15) is 14.7 Å². The minimum absolute atomic E-state index is 0.00370. The van der Waals surface area contributed by atoms with Gasteiger partial charge in [-0.25, -0.2) is 0 Å². The third-order valence-electron chi connectivity index (χ3n) is 11.7. The van der Waals surface area contributed by atoms with E-state index in [1.807, 2.05) is 6.07 Å². The van der Waals surface area contributed by atoms with Crippen LogP contribution in [0.2, 0.25) is 0 Å². The number of phenolic OH excluding ortho intramolecular Hbond substituents is 1. The molecule has 2 aromatic heterocycles. The number of ether oxygens (including phenoxy) is 2. The molecule has 2 aliphatic heterocycles. The fourth-order valence-corrected chi connectivity index (χ4v) is 8.84. The number of aromatic nitrogens is 2. The van der Waals surface area contributed by atoms with Crippen LogP contribution >= 0.6 is 0 Å². The van der Waals surface area contributed by atoms with Crippen LogP contribution in [-0.2, 0) is 27.2 Å². The SMILES string of the molecule is CC[C@H]1CC[C@@H](OC(C)=O)CC(=O)C[C@@H](c2ccc(O)c(OC)c2)n2cc3cccc(c3c2)NC2=CC(=CCN2)C2(CCCC2)Cc2c[nH]cc2C1. The second-order valence-corrected chi connectivity index (χ2v) is 15.1. The van der Waals surface area contributed by atoms with Crippen molar-refractivity contribution in [1.82, 2.24) is 14.9 Å². The van der Waals surface area contributed by atoms with Gasteiger partial charge in [-0.3, -0.25) is 9.59 Å². The molecular weight excluding hydrogens is 652 g/mol. The standard InChI is InChI=1S/C43H52N4O5/c1-4-29-10-12-36(52-28(2)48)21-35(49)22-39(30-11-13-40(50)41(19-30)51-3)47-26-31-8-7-9-38(37(31)27-47)46-42-20-34(14-17-45-42)43(15-5-6-16-43)23-33-25-44-24-32(33)18-29/h7-9,11,13-14,19-20,24-27,29,36,39,44-46,50H,4-6,10,12,15-18,21-23H2,1-3H3/t29-,36+,39-/m0/s1. The van der Waals surface area contributed by atoms with E-state index >= 15 is 0 Å². The van der Waals surface area contributed by atoms with Crippen LogP contribution in [0.4, 0.5) is 5.69 Å². The molecule has 52 heavy (non-hydrogen) atoms. The van der Waals surface area contributed by atoms with Gasteiger partial charge >= 0.3 is 5.97 Å².